The Morgan fingerprint density at radius 3 is 2.62 bits per heavy atom. The van der Waals surface area contributed by atoms with Crippen LogP contribution in [-0.4, -0.2) is 30.2 Å². The number of carboxylic acid groups (broad SMARTS) is 1. The van der Waals surface area contributed by atoms with Crippen LogP contribution in [0.1, 0.15) is 12.8 Å². The third-order valence-electron chi connectivity index (χ3n) is 1.39. The molecule has 0 aromatic heterocycles. The van der Waals surface area contributed by atoms with Crippen LogP contribution in [0.2, 0.25) is 0 Å². The maximum absolute atomic E-state index is 10.6. The number of hydrogen-bond acceptors (Lipinski definition) is 4. The van der Waals surface area contributed by atoms with Gasteiger partial charge in [-0.3, -0.25) is 9.59 Å². The Hall–Kier alpha value is -1.36. The van der Waals surface area contributed by atoms with E-state index in [4.69, 9.17) is 10.8 Å². The summed E-state index contributed by atoms with van der Waals surface area (Å²) in [6, 6.07) is -0.908. The summed E-state index contributed by atoms with van der Waals surface area (Å²) in [5, 5.41) is 8.39. The van der Waals surface area contributed by atoms with E-state index in [1.165, 1.54) is 13.2 Å². The topological polar surface area (TPSA) is 89.6 Å². The molecule has 1 atom stereocenters. The summed E-state index contributed by atoms with van der Waals surface area (Å²) in [6.45, 7) is 0. The van der Waals surface area contributed by atoms with Gasteiger partial charge in [-0.2, -0.15) is 0 Å². The van der Waals surface area contributed by atoms with Crippen LogP contribution in [0.5, 0.6) is 0 Å². The molecule has 1 unspecified atom stereocenters. The van der Waals surface area contributed by atoms with Crippen molar-refractivity contribution in [3.63, 3.8) is 0 Å². The molecule has 0 amide bonds. The smallest absolute Gasteiger partial charge is 0.320 e. The molecule has 0 aromatic carbocycles. The van der Waals surface area contributed by atoms with Gasteiger partial charge in [0.15, 0.2) is 0 Å². The SMILES string of the molecule is COC(=O)CC=CCC(N)C(=O)O. The van der Waals surface area contributed by atoms with Crippen LogP contribution in [0.4, 0.5) is 0 Å². The Balaban J connectivity index is 3.63. The molecule has 74 valence electrons. The molecule has 0 saturated carbocycles. The van der Waals surface area contributed by atoms with Crippen molar-refractivity contribution in [1.29, 1.82) is 0 Å². The Morgan fingerprint density at radius 2 is 2.15 bits per heavy atom. The average molecular weight is 187 g/mol. The number of carboxylic acids is 1. The number of carbonyl (C=O) groups is 2. The second-order valence-electron chi connectivity index (χ2n) is 2.43. The first-order valence-corrected chi connectivity index (χ1v) is 3.78. The highest BCUT2D eigenvalue weighted by molar-refractivity contribution is 5.73. The van der Waals surface area contributed by atoms with Gasteiger partial charge in [0, 0.05) is 0 Å². The summed E-state index contributed by atoms with van der Waals surface area (Å²) in [7, 11) is 1.29. The highest BCUT2D eigenvalue weighted by Gasteiger charge is 2.07. The fourth-order valence-electron chi connectivity index (χ4n) is 0.607. The van der Waals surface area contributed by atoms with Crippen LogP contribution in [-0.2, 0) is 14.3 Å². The number of ether oxygens (including phenoxy) is 1. The molecule has 3 N–H and O–H groups in total. The molecule has 0 spiro atoms. The standard InChI is InChI=1S/C8H13NO4/c1-13-7(10)5-3-2-4-6(9)8(11)12/h2-3,6H,4-5,9H2,1H3,(H,11,12). The Labute approximate surface area is 76.2 Å². The van der Waals surface area contributed by atoms with Gasteiger partial charge < -0.3 is 15.6 Å². The zero-order valence-corrected chi connectivity index (χ0v) is 7.40. The van der Waals surface area contributed by atoms with Crippen LogP contribution < -0.4 is 5.73 Å². The third-order valence-corrected chi connectivity index (χ3v) is 1.39. The van der Waals surface area contributed by atoms with E-state index in [9.17, 15) is 9.59 Å². The minimum Gasteiger partial charge on any atom is -0.480 e. The lowest BCUT2D eigenvalue weighted by Gasteiger charge is -2.00. The van der Waals surface area contributed by atoms with E-state index in [2.05, 4.69) is 4.74 Å². The van der Waals surface area contributed by atoms with Crippen molar-refractivity contribution in [2.75, 3.05) is 7.11 Å². The number of nitrogens with two attached hydrogens (primary N) is 1. The molecule has 0 heterocycles. The van der Waals surface area contributed by atoms with Crippen LogP contribution >= 0.6 is 0 Å². The highest BCUT2D eigenvalue weighted by Crippen LogP contribution is 1.93. The number of hydrogen-bond donors (Lipinski definition) is 2. The van der Waals surface area contributed by atoms with Gasteiger partial charge in [-0.05, 0) is 6.42 Å². The molecule has 13 heavy (non-hydrogen) atoms. The number of rotatable bonds is 5. The summed E-state index contributed by atoms with van der Waals surface area (Å²) >= 11 is 0. The van der Waals surface area contributed by atoms with Gasteiger partial charge in [0.2, 0.25) is 0 Å². The quantitative estimate of drug-likeness (QED) is 0.463. The Bertz CT molecular complexity index is 212. The maximum Gasteiger partial charge on any atom is 0.320 e. The van der Waals surface area contributed by atoms with E-state index in [0.717, 1.165) is 0 Å². The number of carbonyl (C=O) groups excluding carboxylic acids is 1. The van der Waals surface area contributed by atoms with Gasteiger partial charge in [-0.15, -0.1) is 0 Å². The third kappa shape index (κ3) is 5.86. The van der Waals surface area contributed by atoms with Crippen molar-refractivity contribution in [2.45, 2.75) is 18.9 Å². The largest absolute Gasteiger partial charge is 0.480 e. The van der Waals surface area contributed by atoms with E-state index in [-0.39, 0.29) is 18.8 Å². The molecule has 0 rings (SSSR count). The predicted octanol–water partition coefficient (Wildman–Crippen LogP) is -0.0923. The monoisotopic (exact) mass is 187 g/mol. The number of esters is 1. The molecular weight excluding hydrogens is 174 g/mol. The molecule has 0 aromatic rings. The minimum absolute atomic E-state index is 0.142. The molecule has 0 aliphatic rings. The lowest BCUT2D eigenvalue weighted by Crippen LogP contribution is -2.29. The van der Waals surface area contributed by atoms with Crippen molar-refractivity contribution in [3.05, 3.63) is 12.2 Å². The first-order chi connectivity index (χ1) is 6.07. The van der Waals surface area contributed by atoms with Crippen LogP contribution in [0.25, 0.3) is 0 Å². The molecule has 0 radical (unpaired) electrons. The molecule has 0 saturated heterocycles. The predicted molar refractivity (Wildman–Crippen MR) is 46.0 cm³/mol. The molecular formula is C8H13NO4. The summed E-state index contributed by atoms with van der Waals surface area (Å²) in [4.78, 5) is 20.8. The molecule has 5 nitrogen and oxygen atoms in total. The zero-order valence-electron chi connectivity index (χ0n) is 7.40. The first-order valence-electron chi connectivity index (χ1n) is 3.78. The normalized spacial score (nSPS) is 12.8. The lowest BCUT2D eigenvalue weighted by atomic mass is 10.2. The van der Waals surface area contributed by atoms with E-state index in [1.807, 2.05) is 0 Å². The van der Waals surface area contributed by atoms with Gasteiger partial charge in [0.25, 0.3) is 0 Å². The highest BCUT2D eigenvalue weighted by atomic mass is 16.5. The first kappa shape index (κ1) is 11.6. The average Bonchev–Trinajstić information content (AvgIpc) is 2.11. The second-order valence-corrected chi connectivity index (χ2v) is 2.43. The number of methoxy groups -OCH3 is 1. The van der Waals surface area contributed by atoms with Gasteiger partial charge in [0.05, 0.1) is 13.5 Å². The Kier molecular flexibility index (Phi) is 5.54. The molecule has 0 fully saturated rings. The minimum atomic E-state index is -1.05. The van der Waals surface area contributed by atoms with Crippen molar-refractivity contribution in [2.24, 2.45) is 5.73 Å². The summed E-state index contributed by atoms with van der Waals surface area (Å²) in [6.07, 6.45) is 3.44. The molecule has 0 bridgehead atoms. The van der Waals surface area contributed by atoms with Gasteiger partial charge in [-0.25, -0.2) is 0 Å². The van der Waals surface area contributed by atoms with Gasteiger partial charge in [0.1, 0.15) is 6.04 Å². The van der Waals surface area contributed by atoms with Gasteiger partial charge in [-0.1, -0.05) is 12.2 Å². The van der Waals surface area contributed by atoms with Crippen LogP contribution in [0, 0.1) is 0 Å². The summed E-state index contributed by atoms with van der Waals surface area (Å²) in [5.74, 6) is -1.41. The van der Waals surface area contributed by atoms with Crippen molar-refractivity contribution in [3.8, 4) is 0 Å². The maximum atomic E-state index is 10.6. The van der Waals surface area contributed by atoms with Crippen LogP contribution in [0.15, 0.2) is 12.2 Å². The molecule has 5 heteroatoms. The van der Waals surface area contributed by atoms with E-state index in [1.54, 1.807) is 6.08 Å². The van der Waals surface area contributed by atoms with E-state index >= 15 is 0 Å². The van der Waals surface area contributed by atoms with Crippen molar-refractivity contribution >= 4 is 11.9 Å². The fourth-order valence-corrected chi connectivity index (χ4v) is 0.607. The number of aliphatic carboxylic acids is 1. The second kappa shape index (κ2) is 6.19. The Morgan fingerprint density at radius 1 is 1.54 bits per heavy atom. The summed E-state index contributed by atoms with van der Waals surface area (Å²) < 4.78 is 4.37. The van der Waals surface area contributed by atoms with Crippen LogP contribution in [0.3, 0.4) is 0 Å². The lowest BCUT2D eigenvalue weighted by molar-refractivity contribution is -0.139. The summed E-state index contributed by atoms with van der Waals surface area (Å²) in [5.41, 5.74) is 5.20. The molecule has 0 aliphatic carbocycles. The molecule has 0 aliphatic heterocycles. The van der Waals surface area contributed by atoms with E-state index < -0.39 is 12.0 Å². The van der Waals surface area contributed by atoms with Crippen molar-refractivity contribution in [1.82, 2.24) is 0 Å². The fraction of sp³-hybridized carbons (Fsp3) is 0.500. The van der Waals surface area contributed by atoms with E-state index in [0.29, 0.717) is 0 Å². The van der Waals surface area contributed by atoms with Crippen molar-refractivity contribution < 1.29 is 19.4 Å². The van der Waals surface area contributed by atoms with Gasteiger partial charge >= 0.3 is 11.9 Å². The zero-order chi connectivity index (χ0) is 10.3.